The van der Waals surface area contributed by atoms with Crippen LogP contribution in [0.1, 0.15) is 24.8 Å². The van der Waals surface area contributed by atoms with Crippen LogP contribution in [-0.2, 0) is 10.2 Å². The molecule has 0 aromatic heterocycles. The molecular formula is C16H22N4O2S. The Hall–Kier alpha value is -1.62. The van der Waals surface area contributed by atoms with Gasteiger partial charge in [0.2, 0.25) is 0 Å². The number of rotatable bonds is 4. The molecule has 3 rings (SSSR count). The van der Waals surface area contributed by atoms with Crippen LogP contribution in [0, 0.1) is 11.3 Å². The van der Waals surface area contributed by atoms with Crippen LogP contribution in [0.5, 0.6) is 0 Å². The average molecular weight is 334 g/mol. The zero-order chi connectivity index (χ0) is 16.4. The molecule has 124 valence electrons. The number of hydrogen-bond donors (Lipinski definition) is 0. The molecule has 2 fully saturated rings. The summed E-state index contributed by atoms with van der Waals surface area (Å²) < 4.78 is 28.4. The van der Waals surface area contributed by atoms with Crippen molar-refractivity contribution < 1.29 is 8.42 Å². The van der Waals surface area contributed by atoms with E-state index in [1.165, 1.54) is 4.31 Å². The summed E-state index contributed by atoms with van der Waals surface area (Å²) >= 11 is 0. The van der Waals surface area contributed by atoms with Crippen LogP contribution in [0.15, 0.2) is 24.3 Å². The highest BCUT2D eigenvalue weighted by Gasteiger charge is 2.38. The van der Waals surface area contributed by atoms with Gasteiger partial charge >= 0.3 is 0 Å². The van der Waals surface area contributed by atoms with Gasteiger partial charge in [-0.2, -0.15) is 22.3 Å². The van der Waals surface area contributed by atoms with Crippen molar-refractivity contribution in [3.63, 3.8) is 0 Å². The van der Waals surface area contributed by atoms with Gasteiger partial charge in [-0.3, -0.25) is 0 Å². The standard InChI is InChI=1S/C16H22N4O2S/c1-18(15-7-8-15)23(21,22)20-10-2-9-19(11-12-20)16-5-3-14(13-17)4-6-16/h3-6,15H,2,7-12H2,1H3. The van der Waals surface area contributed by atoms with Crippen LogP contribution in [0.3, 0.4) is 0 Å². The summed E-state index contributed by atoms with van der Waals surface area (Å²) in [5.74, 6) is 0. The highest BCUT2D eigenvalue weighted by molar-refractivity contribution is 7.86. The summed E-state index contributed by atoms with van der Waals surface area (Å²) in [5.41, 5.74) is 1.68. The van der Waals surface area contributed by atoms with E-state index in [0.717, 1.165) is 31.5 Å². The highest BCUT2D eigenvalue weighted by atomic mass is 32.2. The van der Waals surface area contributed by atoms with E-state index in [1.807, 2.05) is 12.1 Å². The quantitative estimate of drug-likeness (QED) is 0.835. The van der Waals surface area contributed by atoms with E-state index >= 15 is 0 Å². The van der Waals surface area contributed by atoms with Gasteiger partial charge in [-0.25, -0.2) is 0 Å². The minimum Gasteiger partial charge on any atom is -0.370 e. The summed E-state index contributed by atoms with van der Waals surface area (Å²) in [7, 11) is -1.65. The maximum Gasteiger partial charge on any atom is 0.282 e. The Kier molecular flexibility index (Phi) is 4.57. The molecule has 7 heteroatoms. The van der Waals surface area contributed by atoms with Crippen LogP contribution in [-0.4, -0.2) is 56.3 Å². The van der Waals surface area contributed by atoms with Gasteiger partial charge in [0.25, 0.3) is 10.2 Å². The Labute approximate surface area is 138 Å². The van der Waals surface area contributed by atoms with Gasteiger partial charge in [-0.05, 0) is 43.5 Å². The molecule has 1 saturated carbocycles. The molecule has 1 saturated heterocycles. The van der Waals surface area contributed by atoms with E-state index < -0.39 is 10.2 Å². The third-order valence-electron chi connectivity index (χ3n) is 4.57. The molecule has 1 aliphatic carbocycles. The fraction of sp³-hybridized carbons (Fsp3) is 0.562. The van der Waals surface area contributed by atoms with Crippen molar-refractivity contribution in [2.75, 3.05) is 38.1 Å². The summed E-state index contributed by atoms with van der Waals surface area (Å²) in [6, 6.07) is 9.77. The summed E-state index contributed by atoms with van der Waals surface area (Å²) in [5, 5.41) is 8.87. The van der Waals surface area contributed by atoms with E-state index in [1.54, 1.807) is 23.5 Å². The van der Waals surface area contributed by atoms with Crippen molar-refractivity contribution in [3.8, 4) is 6.07 Å². The molecule has 1 aromatic carbocycles. The third kappa shape index (κ3) is 3.50. The first-order chi connectivity index (χ1) is 11.0. The molecule has 23 heavy (non-hydrogen) atoms. The monoisotopic (exact) mass is 334 g/mol. The van der Waals surface area contributed by atoms with E-state index in [2.05, 4.69) is 11.0 Å². The van der Waals surface area contributed by atoms with Crippen LogP contribution >= 0.6 is 0 Å². The van der Waals surface area contributed by atoms with Gasteiger partial charge in [0.15, 0.2) is 0 Å². The first kappa shape index (κ1) is 16.2. The van der Waals surface area contributed by atoms with Crippen molar-refractivity contribution >= 4 is 15.9 Å². The largest absolute Gasteiger partial charge is 0.370 e. The number of anilines is 1. The zero-order valence-electron chi connectivity index (χ0n) is 13.4. The van der Waals surface area contributed by atoms with Crippen molar-refractivity contribution in [2.45, 2.75) is 25.3 Å². The predicted octanol–water partition coefficient (Wildman–Crippen LogP) is 1.41. The lowest BCUT2D eigenvalue weighted by atomic mass is 10.2. The third-order valence-corrected chi connectivity index (χ3v) is 6.61. The lowest BCUT2D eigenvalue weighted by Crippen LogP contribution is -2.44. The Morgan fingerprint density at radius 2 is 1.83 bits per heavy atom. The number of benzene rings is 1. The topological polar surface area (TPSA) is 67.7 Å². The van der Waals surface area contributed by atoms with E-state index in [-0.39, 0.29) is 6.04 Å². The van der Waals surface area contributed by atoms with Gasteiger partial charge < -0.3 is 4.90 Å². The lowest BCUT2D eigenvalue weighted by Gasteiger charge is -2.27. The first-order valence-electron chi connectivity index (χ1n) is 8.00. The van der Waals surface area contributed by atoms with Crippen LogP contribution < -0.4 is 4.90 Å². The van der Waals surface area contributed by atoms with Crippen LogP contribution in [0.4, 0.5) is 5.69 Å². The van der Waals surface area contributed by atoms with Gasteiger partial charge in [0.05, 0.1) is 11.6 Å². The molecule has 0 radical (unpaired) electrons. The molecule has 6 nitrogen and oxygen atoms in total. The van der Waals surface area contributed by atoms with Gasteiger partial charge in [0.1, 0.15) is 0 Å². The maximum absolute atomic E-state index is 12.6. The number of nitriles is 1. The highest BCUT2D eigenvalue weighted by Crippen LogP contribution is 2.29. The molecule has 1 aromatic rings. The second-order valence-electron chi connectivity index (χ2n) is 6.15. The summed E-state index contributed by atoms with van der Waals surface area (Å²) in [6.07, 6.45) is 2.75. The molecule has 0 N–H and O–H groups in total. The van der Waals surface area contributed by atoms with Crippen LogP contribution in [0.25, 0.3) is 0 Å². The Morgan fingerprint density at radius 1 is 1.13 bits per heavy atom. The van der Waals surface area contributed by atoms with Crippen molar-refractivity contribution in [3.05, 3.63) is 29.8 Å². The molecule has 0 amide bonds. The van der Waals surface area contributed by atoms with E-state index in [9.17, 15) is 8.42 Å². The predicted molar refractivity (Wildman–Crippen MR) is 89.3 cm³/mol. The average Bonchev–Trinajstić information content (AvgIpc) is 3.40. The Bertz CT molecular complexity index is 692. The maximum atomic E-state index is 12.6. The molecule has 0 bridgehead atoms. The van der Waals surface area contributed by atoms with Gasteiger partial charge in [-0.1, -0.05) is 0 Å². The zero-order valence-corrected chi connectivity index (χ0v) is 14.2. The van der Waals surface area contributed by atoms with Gasteiger partial charge in [0, 0.05) is 45.0 Å². The normalized spacial score (nSPS) is 20.3. The molecule has 2 aliphatic rings. The molecule has 0 atom stereocenters. The molecule has 1 aliphatic heterocycles. The second kappa shape index (κ2) is 6.48. The molecule has 0 spiro atoms. The van der Waals surface area contributed by atoms with E-state index in [0.29, 0.717) is 25.2 Å². The second-order valence-corrected chi connectivity index (χ2v) is 8.14. The van der Waals surface area contributed by atoms with Crippen LogP contribution in [0.2, 0.25) is 0 Å². The molecule has 1 heterocycles. The molecule has 0 unspecified atom stereocenters. The van der Waals surface area contributed by atoms with Crippen molar-refractivity contribution in [1.29, 1.82) is 5.26 Å². The van der Waals surface area contributed by atoms with E-state index in [4.69, 9.17) is 5.26 Å². The van der Waals surface area contributed by atoms with Crippen molar-refractivity contribution in [1.82, 2.24) is 8.61 Å². The first-order valence-corrected chi connectivity index (χ1v) is 9.40. The minimum atomic E-state index is -3.34. The van der Waals surface area contributed by atoms with Crippen molar-refractivity contribution in [2.24, 2.45) is 0 Å². The Balaban J connectivity index is 1.68. The molecular weight excluding hydrogens is 312 g/mol. The fourth-order valence-corrected chi connectivity index (χ4v) is 4.56. The minimum absolute atomic E-state index is 0.192. The van der Waals surface area contributed by atoms with Gasteiger partial charge in [-0.15, -0.1) is 0 Å². The Morgan fingerprint density at radius 3 is 2.43 bits per heavy atom. The number of hydrogen-bond acceptors (Lipinski definition) is 4. The summed E-state index contributed by atoms with van der Waals surface area (Å²) in [6.45, 7) is 2.56. The lowest BCUT2D eigenvalue weighted by molar-refractivity contribution is 0.367. The number of nitrogens with zero attached hydrogens (tertiary/aromatic N) is 4. The SMILES string of the molecule is CN(C1CC1)S(=O)(=O)N1CCCN(c2ccc(C#N)cc2)CC1. The summed E-state index contributed by atoms with van der Waals surface area (Å²) in [4.78, 5) is 2.19. The fourth-order valence-electron chi connectivity index (χ4n) is 2.94. The smallest absolute Gasteiger partial charge is 0.282 e.